The first-order valence-electron chi connectivity index (χ1n) is 7.17. The van der Waals surface area contributed by atoms with Crippen LogP contribution in [-0.2, 0) is 0 Å². The van der Waals surface area contributed by atoms with Crippen molar-refractivity contribution in [3.05, 3.63) is 6.33 Å². The molecule has 9 heteroatoms. The Morgan fingerprint density at radius 3 is 2.68 bits per heavy atom. The van der Waals surface area contributed by atoms with Gasteiger partial charge in [-0.25, -0.2) is 4.98 Å². The molecular weight excluding hydrogens is 284 g/mol. The zero-order chi connectivity index (χ0) is 16.3. The lowest BCUT2D eigenvalue weighted by molar-refractivity contribution is 0.271. The third-order valence-electron chi connectivity index (χ3n) is 3.24. The molecule has 2 aromatic heterocycles. The van der Waals surface area contributed by atoms with Gasteiger partial charge < -0.3 is 26.5 Å². The van der Waals surface area contributed by atoms with Crippen molar-refractivity contribution in [3.63, 3.8) is 0 Å². The summed E-state index contributed by atoms with van der Waals surface area (Å²) >= 11 is 0. The Hall–Kier alpha value is -2.42. The molecule has 2 rings (SSSR count). The number of nitrogens with zero attached hydrogens (tertiary/aromatic N) is 5. The second kappa shape index (κ2) is 6.56. The number of imidazole rings is 1. The van der Waals surface area contributed by atoms with Gasteiger partial charge in [-0.2, -0.15) is 15.0 Å². The summed E-state index contributed by atoms with van der Waals surface area (Å²) in [5.74, 6) is 0.565. The van der Waals surface area contributed by atoms with Gasteiger partial charge in [0.1, 0.15) is 0 Å². The van der Waals surface area contributed by atoms with E-state index in [1.54, 1.807) is 6.33 Å². The minimum absolute atomic E-state index is 0.0149. The second-order valence-electron chi connectivity index (χ2n) is 5.26. The Morgan fingerprint density at radius 2 is 2.14 bits per heavy atom. The van der Waals surface area contributed by atoms with E-state index in [2.05, 4.69) is 25.3 Å². The summed E-state index contributed by atoms with van der Waals surface area (Å²) in [4.78, 5) is 17.1. The zero-order valence-corrected chi connectivity index (χ0v) is 13.0. The number of guanidine groups is 1. The van der Waals surface area contributed by atoms with Crippen LogP contribution >= 0.6 is 0 Å². The third kappa shape index (κ3) is 3.25. The summed E-state index contributed by atoms with van der Waals surface area (Å²) in [5.41, 5.74) is 12.1. The maximum Gasteiger partial charge on any atom is 0.227 e. The van der Waals surface area contributed by atoms with Crippen molar-refractivity contribution >= 4 is 28.9 Å². The van der Waals surface area contributed by atoms with Crippen LogP contribution in [0.25, 0.3) is 11.2 Å². The van der Waals surface area contributed by atoms with Crippen molar-refractivity contribution in [2.75, 3.05) is 11.9 Å². The van der Waals surface area contributed by atoms with Gasteiger partial charge >= 0.3 is 0 Å². The lowest BCUT2D eigenvalue weighted by atomic mass is 10.2. The quantitative estimate of drug-likeness (QED) is 0.449. The third-order valence-corrected chi connectivity index (χ3v) is 3.24. The highest BCUT2D eigenvalue weighted by Gasteiger charge is 2.16. The number of nitrogens with one attached hydrogen (secondary N) is 1. The number of aliphatic hydroxyl groups excluding tert-OH is 1. The van der Waals surface area contributed by atoms with Gasteiger partial charge in [0, 0.05) is 6.04 Å². The zero-order valence-electron chi connectivity index (χ0n) is 13.0. The lowest BCUT2D eigenvalue weighted by Crippen LogP contribution is -2.24. The smallest absolute Gasteiger partial charge is 0.227 e. The molecule has 2 aromatic rings. The van der Waals surface area contributed by atoms with Gasteiger partial charge in [0.2, 0.25) is 5.95 Å². The average Bonchev–Trinajstić information content (AvgIpc) is 2.88. The van der Waals surface area contributed by atoms with E-state index in [1.807, 2.05) is 25.3 Å². The molecule has 9 nitrogen and oxygen atoms in total. The van der Waals surface area contributed by atoms with E-state index in [0.29, 0.717) is 22.9 Å². The van der Waals surface area contributed by atoms with Gasteiger partial charge in [-0.15, -0.1) is 0 Å². The SMILES string of the molecule is CC[C@@H](CO)Nc1nc(N=C(N)N)c2ncn(C(C)C)c2n1. The normalized spacial score (nSPS) is 12.6. The molecule has 2 heterocycles. The molecule has 0 aromatic carbocycles. The number of rotatable bonds is 6. The van der Waals surface area contributed by atoms with Crippen molar-refractivity contribution in [1.29, 1.82) is 0 Å². The van der Waals surface area contributed by atoms with Crippen LogP contribution in [0.4, 0.5) is 11.8 Å². The molecule has 0 spiro atoms. The minimum atomic E-state index is -0.139. The van der Waals surface area contributed by atoms with Crippen molar-refractivity contribution < 1.29 is 5.11 Å². The summed E-state index contributed by atoms with van der Waals surface area (Å²) in [7, 11) is 0. The van der Waals surface area contributed by atoms with E-state index in [-0.39, 0.29) is 24.7 Å². The van der Waals surface area contributed by atoms with E-state index in [0.717, 1.165) is 6.42 Å². The fourth-order valence-electron chi connectivity index (χ4n) is 2.00. The van der Waals surface area contributed by atoms with Crippen LogP contribution in [0.3, 0.4) is 0 Å². The number of anilines is 1. The molecule has 0 fully saturated rings. The number of nitrogens with two attached hydrogens (primary N) is 2. The van der Waals surface area contributed by atoms with E-state index in [1.165, 1.54) is 0 Å². The topological polar surface area (TPSA) is 140 Å². The molecule has 0 aliphatic carbocycles. The minimum Gasteiger partial charge on any atom is -0.394 e. The first-order chi connectivity index (χ1) is 10.5. The summed E-state index contributed by atoms with van der Waals surface area (Å²) in [5, 5.41) is 12.4. The van der Waals surface area contributed by atoms with Gasteiger partial charge in [-0.3, -0.25) is 0 Å². The molecular formula is C13H22N8O. The molecule has 6 N–H and O–H groups in total. The lowest BCUT2D eigenvalue weighted by Gasteiger charge is -2.15. The van der Waals surface area contributed by atoms with Gasteiger partial charge in [-0.1, -0.05) is 6.92 Å². The highest BCUT2D eigenvalue weighted by molar-refractivity contribution is 5.88. The van der Waals surface area contributed by atoms with Crippen molar-refractivity contribution in [2.24, 2.45) is 16.5 Å². The predicted octanol–water partition coefficient (Wildman–Crippen LogP) is 0.495. The number of fused-ring (bicyclic) bond motifs is 1. The number of hydrogen-bond donors (Lipinski definition) is 4. The highest BCUT2D eigenvalue weighted by Crippen LogP contribution is 2.25. The molecule has 0 aliphatic heterocycles. The van der Waals surface area contributed by atoms with Crippen LogP contribution in [-0.4, -0.2) is 43.2 Å². The molecule has 0 unspecified atom stereocenters. The van der Waals surface area contributed by atoms with Crippen LogP contribution < -0.4 is 16.8 Å². The van der Waals surface area contributed by atoms with E-state index in [9.17, 15) is 5.11 Å². The summed E-state index contributed by atoms with van der Waals surface area (Å²) in [6, 6.07) is 0.0412. The number of aromatic nitrogens is 4. The first kappa shape index (κ1) is 16.0. The summed E-state index contributed by atoms with van der Waals surface area (Å²) in [6.07, 6.45) is 2.42. The maximum absolute atomic E-state index is 9.32. The Balaban J connectivity index is 2.58. The fourth-order valence-corrected chi connectivity index (χ4v) is 2.00. The average molecular weight is 306 g/mol. The molecule has 1 atom stereocenters. The van der Waals surface area contributed by atoms with E-state index >= 15 is 0 Å². The van der Waals surface area contributed by atoms with Gasteiger partial charge in [-0.05, 0) is 20.3 Å². The number of aliphatic hydroxyl groups is 1. The predicted molar refractivity (Wildman–Crippen MR) is 86.0 cm³/mol. The maximum atomic E-state index is 9.32. The molecule has 0 bridgehead atoms. The van der Waals surface area contributed by atoms with Crippen LogP contribution in [0.15, 0.2) is 11.3 Å². The van der Waals surface area contributed by atoms with Gasteiger partial charge in [0.05, 0.1) is 19.0 Å². The van der Waals surface area contributed by atoms with Crippen molar-refractivity contribution in [1.82, 2.24) is 19.5 Å². The molecule has 0 saturated heterocycles. The second-order valence-corrected chi connectivity index (χ2v) is 5.26. The van der Waals surface area contributed by atoms with Crippen molar-refractivity contribution in [2.45, 2.75) is 39.3 Å². The van der Waals surface area contributed by atoms with Crippen LogP contribution in [0.1, 0.15) is 33.2 Å². The van der Waals surface area contributed by atoms with E-state index in [4.69, 9.17) is 11.5 Å². The Kier molecular flexibility index (Phi) is 4.76. The summed E-state index contributed by atoms with van der Waals surface area (Å²) in [6.45, 7) is 6.00. The first-order valence-corrected chi connectivity index (χ1v) is 7.17. The largest absolute Gasteiger partial charge is 0.394 e. The number of aliphatic imine (C=N–C) groups is 1. The molecule has 0 amide bonds. The van der Waals surface area contributed by atoms with Crippen molar-refractivity contribution in [3.8, 4) is 0 Å². The molecule has 120 valence electrons. The Bertz CT molecular complexity index is 670. The monoisotopic (exact) mass is 306 g/mol. The van der Waals surface area contributed by atoms with Gasteiger partial charge in [0.25, 0.3) is 0 Å². The summed E-state index contributed by atoms with van der Waals surface area (Å²) < 4.78 is 1.91. The standard InChI is InChI=1S/C13H22N8O/c1-4-8(5-22)17-13-19-10(18-12(14)15)9-11(20-13)21(6-16-9)7(2)3/h6-8,22H,4-5H2,1-3H3,(H5,14,15,17,18,19,20)/t8-/m0/s1. The molecule has 0 radical (unpaired) electrons. The fraction of sp³-hybridized carbons (Fsp3) is 0.538. The van der Waals surface area contributed by atoms with Crippen LogP contribution in [0.2, 0.25) is 0 Å². The molecule has 0 saturated carbocycles. The highest BCUT2D eigenvalue weighted by atomic mass is 16.3. The Labute approximate surface area is 128 Å². The van der Waals surface area contributed by atoms with Crippen LogP contribution in [0.5, 0.6) is 0 Å². The van der Waals surface area contributed by atoms with Crippen LogP contribution in [0, 0.1) is 0 Å². The van der Waals surface area contributed by atoms with Gasteiger partial charge in [0.15, 0.2) is 22.9 Å². The van der Waals surface area contributed by atoms with E-state index < -0.39 is 0 Å². The Morgan fingerprint density at radius 1 is 1.41 bits per heavy atom. The molecule has 0 aliphatic rings. The number of hydrogen-bond acceptors (Lipinski definition) is 6. The molecule has 22 heavy (non-hydrogen) atoms.